The van der Waals surface area contributed by atoms with Crippen LogP contribution >= 0.6 is 0 Å². The molecule has 71 heavy (non-hydrogen) atoms. The van der Waals surface area contributed by atoms with Gasteiger partial charge in [-0.1, -0.05) is 42.3 Å². The monoisotopic (exact) mass is 974 g/mol. The zero-order chi connectivity index (χ0) is 49.3. The molecule has 1 amide bonds. The number of nitro benzene ring substituents is 1. The van der Waals surface area contributed by atoms with Crippen LogP contribution in [0.4, 0.5) is 10.5 Å². The summed E-state index contributed by atoms with van der Waals surface area (Å²) < 4.78 is 44.8. The van der Waals surface area contributed by atoms with E-state index in [-0.39, 0.29) is 75.4 Å². The zero-order valence-electron chi connectivity index (χ0n) is 40.0. The van der Waals surface area contributed by atoms with Gasteiger partial charge in [0.2, 0.25) is 18.9 Å². The Labute approximate surface area is 413 Å². The average molecular weight is 975 g/mol. The SMILES string of the molecule is C=CCOC12Oc3ccc(OCc4cccc(C)n4)cc3C3C(CCCCO)C(CCCCO)C=C(C(=NOC4CCCCO4)CC1N(Cc1ccc4c(c1)OCO4)C(=O)Oc1ccc([N+](=O)[O-])cc1)C32. The molecule has 376 valence electrons. The summed E-state index contributed by atoms with van der Waals surface area (Å²) in [6, 6.07) is 21.5. The summed E-state index contributed by atoms with van der Waals surface area (Å²) in [4.78, 5) is 38.9. The first-order valence-electron chi connectivity index (χ1n) is 24.7. The lowest BCUT2D eigenvalue weighted by atomic mass is 9.55. The van der Waals surface area contributed by atoms with Gasteiger partial charge in [-0.3, -0.25) is 20.0 Å². The molecule has 7 atom stereocenters. The average Bonchev–Trinajstić information content (AvgIpc) is 3.86. The highest BCUT2D eigenvalue weighted by Crippen LogP contribution is 2.62. The molecule has 4 aromatic rings. The van der Waals surface area contributed by atoms with Crippen molar-refractivity contribution in [1.82, 2.24) is 9.88 Å². The fourth-order valence-corrected chi connectivity index (χ4v) is 10.8. The summed E-state index contributed by atoms with van der Waals surface area (Å²) in [6.45, 7) is 6.95. The number of rotatable bonds is 21. The molecule has 3 aliphatic heterocycles. The normalized spacial score (nSPS) is 24.4. The lowest BCUT2D eigenvalue weighted by Gasteiger charge is -2.59. The number of fused-ring (bicyclic) bond motifs is 3. The molecule has 2 aliphatic carbocycles. The van der Waals surface area contributed by atoms with Crippen LogP contribution in [-0.2, 0) is 27.5 Å². The number of hydrogen-bond acceptors (Lipinski definition) is 15. The largest absolute Gasteiger partial charge is 0.487 e. The van der Waals surface area contributed by atoms with E-state index in [2.05, 4.69) is 17.6 Å². The molecule has 2 N–H and O–H groups in total. The molecule has 1 saturated carbocycles. The van der Waals surface area contributed by atoms with E-state index in [1.807, 2.05) is 55.5 Å². The van der Waals surface area contributed by atoms with E-state index in [9.17, 15) is 20.3 Å². The summed E-state index contributed by atoms with van der Waals surface area (Å²) in [5.41, 5.74) is 4.52. The number of amides is 1. The molecule has 1 aromatic heterocycles. The van der Waals surface area contributed by atoms with Crippen molar-refractivity contribution in [3.8, 4) is 28.7 Å². The molecule has 9 rings (SSSR count). The van der Waals surface area contributed by atoms with Gasteiger partial charge in [0.05, 0.1) is 35.5 Å². The van der Waals surface area contributed by atoms with Crippen LogP contribution in [0.1, 0.15) is 92.6 Å². The van der Waals surface area contributed by atoms with E-state index in [0.29, 0.717) is 60.1 Å². The number of aliphatic hydroxyl groups is 2. The minimum absolute atomic E-state index is 0.00913. The molecular formula is C54H62N4O13. The molecule has 17 heteroatoms. The van der Waals surface area contributed by atoms with Crippen molar-refractivity contribution in [3.63, 3.8) is 0 Å². The van der Waals surface area contributed by atoms with E-state index in [1.165, 1.54) is 24.3 Å². The molecule has 17 nitrogen and oxygen atoms in total. The number of non-ortho nitro benzene ring substituents is 1. The first-order chi connectivity index (χ1) is 34.7. The predicted octanol–water partition coefficient (Wildman–Crippen LogP) is 9.47. The maximum atomic E-state index is 15.3. The van der Waals surface area contributed by atoms with Gasteiger partial charge >= 0.3 is 6.09 Å². The molecule has 0 spiro atoms. The number of benzene rings is 3. The summed E-state index contributed by atoms with van der Waals surface area (Å²) >= 11 is 0. The quantitative estimate of drug-likeness (QED) is 0.0346. The lowest BCUT2D eigenvalue weighted by molar-refractivity contribution is -0.384. The number of nitro groups is 1. The molecule has 4 heterocycles. The molecule has 2 fully saturated rings. The number of aryl methyl sites for hydroxylation is 1. The second-order valence-electron chi connectivity index (χ2n) is 18.7. The van der Waals surface area contributed by atoms with Crippen molar-refractivity contribution >= 4 is 17.5 Å². The molecule has 1 saturated heterocycles. The molecule has 0 radical (unpaired) electrons. The topological polar surface area (TPSA) is 203 Å². The van der Waals surface area contributed by atoms with Gasteiger partial charge in [-0.25, -0.2) is 4.79 Å². The Kier molecular flexibility index (Phi) is 15.8. The smallest absolute Gasteiger partial charge is 0.416 e. The summed E-state index contributed by atoms with van der Waals surface area (Å²) in [7, 11) is 0. The third-order valence-corrected chi connectivity index (χ3v) is 14.0. The van der Waals surface area contributed by atoms with Crippen LogP contribution in [0.5, 0.6) is 28.7 Å². The van der Waals surface area contributed by atoms with Crippen molar-refractivity contribution in [2.45, 2.75) is 108 Å². The number of unbranched alkanes of at least 4 members (excludes halogenated alkanes) is 2. The van der Waals surface area contributed by atoms with Gasteiger partial charge in [0, 0.05) is 61.9 Å². The minimum atomic E-state index is -1.62. The van der Waals surface area contributed by atoms with Crippen LogP contribution in [0.15, 0.2) is 108 Å². The van der Waals surface area contributed by atoms with Crippen LogP contribution in [0.25, 0.3) is 0 Å². The number of nitrogens with zero attached hydrogens (tertiary/aromatic N) is 4. The number of aromatic nitrogens is 1. The fraction of sp³-hybridized carbons (Fsp3) is 0.463. The zero-order valence-corrected chi connectivity index (χ0v) is 40.0. The van der Waals surface area contributed by atoms with E-state index in [4.69, 9.17) is 43.2 Å². The van der Waals surface area contributed by atoms with Gasteiger partial charge in [-0.2, -0.15) is 0 Å². The van der Waals surface area contributed by atoms with Gasteiger partial charge < -0.3 is 48.2 Å². The third-order valence-electron chi connectivity index (χ3n) is 14.0. The standard InChI is InChI=1S/C54H62N4O13/c1-3-26-68-54-49(57(32-36-16-22-47-48(28-36)67-34-66-47)53(61)69-40-19-17-39(18-20-40)58(62)63)31-45(56-71-50-15-6-9-27-64-50)43-29-37(12-4-7-24-59)42(14-5-8-25-60)51(52(43)54)44-30-41(21-23-46(44)70-54)65-33-38-13-10-11-35(2)55-38/h3,10-11,13,16-23,28-30,37,42,49-52,59-60H,1,4-9,12,14-15,24-27,31-34H2,2H3. The highest BCUT2D eigenvalue weighted by molar-refractivity contribution is 6.03. The number of ether oxygens (including phenoxy) is 7. The van der Waals surface area contributed by atoms with Crippen LogP contribution < -0.4 is 23.7 Å². The highest BCUT2D eigenvalue weighted by atomic mass is 16.8. The number of carbonyl (C=O) groups excluding carboxylic acids is 1. The Balaban J connectivity index is 1.23. The number of aliphatic hydroxyl groups excluding tert-OH is 2. The van der Waals surface area contributed by atoms with Crippen molar-refractivity contribution in [2.75, 3.05) is 33.2 Å². The van der Waals surface area contributed by atoms with Gasteiger partial charge in [0.1, 0.15) is 29.9 Å². The van der Waals surface area contributed by atoms with Crippen molar-refractivity contribution in [3.05, 3.63) is 136 Å². The fourth-order valence-electron chi connectivity index (χ4n) is 10.8. The Morgan fingerprint density at radius 2 is 1.76 bits per heavy atom. The van der Waals surface area contributed by atoms with Crippen LogP contribution in [0.3, 0.4) is 0 Å². The Morgan fingerprint density at radius 1 is 0.972 bits per heavy atom. The van der Waals surface area contributed by atoms with E-state index in [1.54, 1.807) is 17.0 Å². The third kappa shape index (κ3) is 11.0. The van der Waals surface area contributed by atoms with Gasteiger partial charge in [-0.05, 0) is 123 Å². The summed E-state index contributed by atoms with van der Waals surface area (Å²) in [6.07, 6.45) is 9.39. The van der Waals surface area contributed by atoms with Gasteiger partial charge in [-0.15, -0.1) is 6.58 Å². The second kappa shape index (κ2) is 22.7. The van der Waals surface area contributed by atoms with E-state index in [0.717, 1.165) is 61.0 Å². The maximum Gasteiger partial charge on any atom is 0.416 e. The number of hydrogen-bond donors (Lipinski definition) is 2. The summed E-state index contributed by atoms with van der Waals surface area (Å²) in [5, 5.41) is 36.7. The molecular weight excluding hydrogens is 913 g/mol. The van der Waals surface area contributed by atoms with Crippen LogP contribution in [-0.4, -0.2) is 88.2 Å². The lowest BCUT2D eigenvalue weighted by Crippen LogP contribution is -2.70. The summed E-state index contributed by atoms with van der Waals surface area (Å²) in [5.74, 6) is -0.300. The van der Waals surface area contributed by atoms with Gasteiger partial charge in [0.25, 0.3) is 5.69 Å². The van der Waals surface area contributed by atoms with Crippen molar-refractivity contribution in [2.24, 2.45) is 22.9 Å². The van der Waals surface area contributed by atoms with Crippen molar-refractivity contribution in [1.29, 1.82) is 0 Å². The minimum Gasteiger partial charge on any atom is -0.487 e. The Hall–Kier alpha value is -6.53. The van der Waals surface area contributed by atoms with Crippen LogP contribution in [0, 0.1) is 34.8 Å². The number of carbonyl (C=O) groups is 1. The number of allylic oxidation sites excluding steroid dienone is 1. The molecule has 7 unspecified atom stereocenters. The molecule has 3 aromatic carbocycles. The first-order valence-corrected chi connectivity index (χ1v) is 24.7. The van der Waals surface area contributed by atoms with Crippen molar-refractivity contribution < 1.29 is 57.9 Å². The molecule has 0 bridgehead atoms. The predicted molar refractivity (Wildman–Crippen MR) is 260 cm³/mol. The Bertz CT molecular complexity index is 2580. The number of pyridine rings is 1. The Morgan fingerprint density at radius 3 is 2.52 bits per heavy atom. The highest BCUT2D eigenvalue weighted by Gasteiger charge is 2.66. The van der Waals surface area contributed by atoms with Crippen LogP contribution in [0.2, 0.25) is 0 Å². The molecule has 5 aliphatic rings. The maximum absolute atomic E-state index is 15.3. The second-order valence-corrected chi connectivity index (χ2v) is 18.7. The van der Waals surface area contributed by atoms with E-state index < -0.39 is 35.1 Å². The first kappa shape index (κ1) is 49.5. The van der Waals surface area contributed by atoms with E-state index >= 15 is 4.79 Å². The number of oxime groups is 1. The van der Waals surface area contributed by atoms with Gasteiger partial charge in [0.15, 0.2) is 11.5 Å².